The standard InChI is InChI=1S/C18H26N2O4/c1-18(2,3)24-17(22)20-9-7-12(8-10-20)14-6-5-13(11-15(14)19)16(21)23-4/h5-6,11-12H,7-10,19H2,1-4H3. The summed E-state index contributed by atoms with van der Waals surface area (Å²) in [5.74, 6) is -0.122. The van der Waals surface area contributed by atoms with Gasteiger partial charge in [-0.05, 0) is 57.2 Å². The Bertz CT molecular complexity index is 614. The molecule has 6 heteroatoms. The van der Waals surface area contributed by atoms with E-state index in [2.05, 4.69) is 0 Å². The third-order valence-electron chi connectivity index (χ3n) is 4.09. The Morgan fingerprint density at radius 1 is 1.21 bits per heavy atom. The molecule has 2 N–H and O–H groups in total. The lowest BCUT2D eigenvalue weighted by atomic mass is 9.88. The van der Waals surface area contributed by atoms with Gasteiger partial charge in [-0.15, -0.1) is 0 Å². The Labute approximate surface area is 142 Å². The number of methoxy groups -OCH3 is 1. The average molecular weight is 334 g/mol. The van der Waals surface area contributed by atoms with E-state index in [0.29, 0.717) is 24.3 Å². The maximum absolute atomic E-state index is 12.1. The molecule has 0 bridgehead atoms. The Balaban J connectivity index is 2.00. The first-order chi connectivity index (χ1) is 11.2. The molecule has 1 aliphatic rings. The minimum Gasteiger partial charge on any atom is -0.465 e. The number of nitrogens with two attached hydrogens (primary N) is 1. The largest absolute Gasteiger partial charge is 0.465 e. The van der Waals surface area contributed by atoms with Crippen LogP contribution in [0.3, 0.4) is 0 Å². The lowest BCUT2D eigenvalue weighted by molar-refractivity contribution is 0.0204. The van der Waals surface area contributed by atoms with E-state index < -0.39 is 11.6 Å². The molecule has 0 unspecified atom stereocenters. The first-order valence-electron chi connectivity index (χ1n) is 8.17. The van der Waals surface area contributed by atoms with Crippen LogP contribution in [-0.4, -0.2) is 42.8 Å². The molecule has 0 atom stereocenters. The highest BCUT2D eigenvalue weighted by molar-refractivity contribution is 5.90. The lowest BCUT2D eigenvalue weighted by Crippen LogP contribution is -2.41. The predicted molar refractivity (Wildman–Crippen MR) is 92.0 cm³/mol. The molecule has 0 aliphatic carbocycles. The summed E-state index contributed by atoms with van der Waals surface area (Å²) in [7, 11) is 1.35. The molecule has 0 saturated carbocycles. The van der Waals surface area contributed by atoms with Crippen LogP contribution in [0.5, 0.6) is 0 Å². The minimum absolute atomic E-state index is 0.269. The molecule has 0 aromatic heterocycles. The molecule has 1 aliphatic heterocycles. The van der Waals surface area contributed by atoms with E-state index >= 15 is 0 Å². The first-order valence-corrected chi connectivity index (χ1v) is 8.17. The second-order valence-corrected chi connectivity index (χ2v) is 7.08. The Kier molecular flexibility index (Phi) is 5.36. The second-order valence-electron chi connectivity index (χ2n) is 7.08. The van der Waals surface area contributed by atoms with Gasteiger partial charge in [0.1, 0.15) is 5.60 Å². The summed E-state index contributed by atoms with van der Waals surface area (Å²) in [6.07, 6.45) is 1.37. The molecular formula is C18H26N2O4. The molecule has 1 heterocycles. The van der Waals surface area contributed by atoms with E-state index in [1.54, 1.807) is 17.0 Å². The van der Waals surface area contributed by atoms with Gasteiger partial charge in [-0.2, -0.15) is 0 Å². The molecule has 1 fully saturated rings. The number of esters is 1. The van der Waals surface area contributed by atoms with Crippen molar-refractivity contribution in [2.75, 3.05) is 25.9 Å². The number of hydrogen-bond donors (Lipinski definition) is 1. The normalized spacial score (nSPS) is 15.9. The zero-order valence-electron chi connectivity index (χ0n) is 14.8. The molecule has 132 valence electrons. The summed E-state index contributed by atoms with van der Waals surface area (Å²) in [6, 6.07) is 5.27. The highest BCUT2D eigenvalue weighted by atomic mass is 16.6. The fourth-order valence-electron chi connectivity index (χ4n) is 2.89. The van der Waals surface area contributed by atoms with Crippen LogP contribution < -0.4 is 5.73 Å². The van der Waals surface area contributed by atoms with Crippen molar-refractivity contribution in [3.8, 4) is 0 Å². The summed E-state index contributed by atoms with van der Waals surface area (Å²) >= 11 is 0. The summed E-state index contributed by atoms with van der Waals surface area (Å²) < 4.78 is 10.1. The summed E-state index contributed by atoms with van der Waals surface area (Å²) in [5, 5.41) is 0. The lowest BCUT2D eigenvalue weighted by Gasteiger charge is -2.34. The van der Waals surface area contributed by atoms with Gasteiger partial charge in [0.15, 0.2) is 0 Å². The van der Waals surface area contributed by atoms with Crippen LogP contribution in [0.2, 0.25) is 0 Å². The number of amides is 1. The Hall–Kier alpha value is -2.24. The van der Waals surface area contributed by atoms with Gasteiger partial charge in [-0.3, -0.25) is 0 Å². The molecule has 1 amide bonds. The number of nitrogens with zero attached hydrogens (tertiary/aromatic N) is 1. The van der Waals surface area contributed by atoms with Crippen LogP contribution in [-0.2, 0) is 9.47 Å². The monoisotopic (exact) mass is 334 g/mol. The number of anilines is 1. The van der Waals surface area contributed by atoms with Crippen molar-refractivity contribution in [3.63, 3.8) is 0 Å². The van der Waals surface area contributed by atoms with Crippen LogP contribution in [0, 0.1) is 0 Å². The van der Waals surface area contributed by atoms with Crippen molar-refractivity contribution in [2.45, 2.75) is 45.1 Å². The SMILES string of the molecule is COC(=O)c1ccc(C2CCN(C(=O)OC(C)(C)C)CC2)c(N)c1. The second kappa shape index (κ2) is 7.11. The van der Waals surface area contributed by atoms with E-state index in [4.69, 9.17) is 15.2 Å². The molecule has 1 aromatic rings. The molecule has 0 radical (unpaired) electrons. The van der Waals surface area contributed by atoms with Gasteiger partial charge in [0.05, 0.1) is 12.7 Å². The van der Waals surface area contributed by atoms with Crippen LogP contribution in [0.1, 0.15) is 55.5 Å². The zero-order valence-corrected chi connectivity index (χ0v) is 14.8. The predicted octanol–water partition coefficient (Wildman–Crippen LogP) is 3.17. The van der Waals surface area contributed by atoms with Gasteiger partial charge in [0.2, 0.25) is 0 Å². The van der Waals surface area contributed by atoms with Gasteiger partial charge < -0.3 is 20.1 Å². The third-order valence-corrected chi connectivity index (χ3v) is 4.09. The van der Waals surface area contributed by atoms with E-state index in [1.165, 1.54) is 7.11 Å². The Morgan fingerprint density at radius 2 is 1.83 bits per heavy atom. The van der Waals surface area contributed by atoms with Crippen LogP contribution in [0.15, 0.2) is 18.2 Å². The van der Waals surface area contributed by atoms with Crippen LogP contribution >= 0.6 is 0 Å². The number of nitrogen functional groups attached to an aromatic ring is 1. The highest BCUT2D eigenvalue weighted by Gasteiger charge is 2.28. The van der Waals surface area contributed by atoms with Crippen LogP contribution in [0.4, 0.5) is 10.5 Å². The fraction of sp³-hybridized carbons (Fsp3) is 0.556. The third kappa shape index (κ3) is 4.40. The van der Waals surface area contributed by atoms with Crippen molar-refractivity contribution >= 4 is 17.7 Å². The van der Waals surface area contributed by atoms with Gasteiger partial charge >= 0.3 is 12.1 Å². The number of carbonyl (C=O) groups excluding carboxylic acids is 2. The number of benzene rings is 1. The molecule has 2 rings (SSSR count). The molecular weight excluding hydrogens is 308 g/mol. The highest BCUT2D eigenvalue weighted by Crippen LogP contribution is 2.32. The summed E-state index contributed by atoms with van der Waals surface area (Å²) in [6.45, 7) is 6.86. The number of piperidine rings is 1. The maximum atomic E-state index is 12.1. The fourth-order valence-corrected chi connectivity index (χ4v) is 2.89. The topological polar surface area (TPSA) is 81.9 Å². The summed E-state index contributed by atoms with van der Waals surface area (Å²) in [4.78, 5) is 25.4. The van der Waals surface area contributed by atoms with E-state index in [-0.39, 0.29) is 12.0 Å². The molecule has 24 heavy (non-hydrogen) atoms. The molecule has 1 aromatic carbocycles. The quantitative estimate of drug-likeness (QED) is 0.663. The summed E-state index contributed by atoms with van der Waals surface area (Å²) in [5.41, 5.74) is 7.69. The smallest absolute Gasteiger partial charge is 0.410 e. The average Bonchev–Trinajstić information content (AvgIpc) is 2.52. The van der Waals surface area contributed by atoms with Crippen molar-refractivity contribution in [2.24, 2.45) is 0 Å². The zero-order chi connectivity index (χ0) is 17.9. The maximum Gasteiger partial charge on any atom is 0.410 e. The molecule has 1 saturated heterocycles. The number of carbonyl (C=O) groups is 2. The molecule has 6 nitrogen and oxygen atoms in total. The van der Waals surface area contributed by atoms with Gasteiger partial charge in [-0.25, -0.2) is 9.59 Å². The van der Waals surface area contributed by atoms with Crippen molar-refractivity contribution in [1.29, 1.82) is 0 Å². The number of hydrogen-bond acceptors (Lipinski definition) is 5. The number of rotatable bonds is 2. The minimum atomic E-state index is -0.484. The van der Waals surface area contributed by atoms with Crippen molar-refractivity contribution in [1.82, 2.24) is 4.90 Å². The van der Waals surface area contributed by atoms with Crippen molar-refractivity contribution in [3.05, 3.63) is 29.3 Å². The number of ether oxygens (including phenoxy) is 2. The number of likely N-dealkylation sites (tertiary alicyclic amines) is 1. The van der Waals surface area contributed by atoms with Crippen molar-refractivity contribution < 1.29 is 19.1 Å². The van der Waals surface area contributed by atoms with Gasteiger partial charge in [0.25, 0.3) is 0 Å². The van der Waals surface area contributed by atoms with E-state index in [0.717, 1.165) is 18.4 Å². The van der Waals surface area contributed by atoms with Crippen LogP contribution in [0.25, 0.3) is 0 Å². The van der Waals surface area contributed by atoms with Gasteiger partial charge in [-0.1, -0.05) is 6.07 Å². The Morgan fingerprint density at radius 3 is 2.33 bits per heavy atom. The van der Waals surface area contributed by atoms with Gasteiger partial charge in [0, 0.05) is 18.8 Å². The first kappa shape index (κ1) is 18.1. The van der Waals surface area contributed by atoms with E-state index in [1.807, 2.05) is 26.8 Å². The van der Waals surface area contributed by atoms with E-state index in [9.17, 15) is 9.59 Å². The molecule has 0 spiro atoms.